The van der Waals surface area contributed by atoms with Gasteiger partial charge in [-0.25, -0.2) is 8.42 Å². The minimum atomic E-state index is -3.60. The molecule has 0 aliphatic carbocycles. The van der Waals surface area contributed by atoms with Crippen molar-refractivity contribution < 1.29 is 17.9 Å². The Kier molecular flexibility index (Phi) is 5.01. The van der Waals surface area contributed by atoms with Crippen molar-refractivity contribution in [3.05, 3.63) is 53.6 Å². The Morgan fingerprint density at radius 1 is 1.24 bits per heavy atom. The summed E-state index contributed by atoms with van der Waals surface area (Å²) in [5, 5.41) is 0. The lowest BCUT2D eigenvalue weighted by Gasteiger charge is -2.28. The van der Waals surface area contributed by atoms with E-state index in [1.165, 1.54) is 4.31 Å². The summed E-state index contributed by atoms with van der Waals surface area (Å²) in [5.41, 5.74) is 1.85. The van der Waals surface area contributed by atoms with Gasteiger partial charge in [0.2, 0.25) is 10.0 Å². The average molecular weight is 361 g/mol. The molecule has 25 heavy (non-hydrogen) atoms. The van der Waals surface area contributed by atoms with Crippen molar-refractivity contribution in [3.8, 4) is 11.5 Å². The molecule has 0 saturated heterocycles. The van der Waals surface area contributed by atoms with Crippen molar-refractivity contribution in [3.63, 3.8) is 0 Å². The highest BCUT2D eigenvalue weighted by Crippen LogP contribution is 2.32. The van der Waals surface area contributed by atoms with Crippen molar-refractivity contribution in [2.45, 2.75) is 31.2 Å². The molecule has 0 spiro atoms. The van der Waals surface area contributed by atoms with Crippen LogP contribution < -0.4 is 9.47 Å². The summed E-state index contributed by atoms with van der Waals surface area (Å²) in [6.07, 6.45) is 0.746. The van der Waals surface area contributed by atoms with Gasteiger partial charge in [-0.1, -0.05) is 19.1 Å². The van der Waals surface area contributed by atoms with Gasteiger partial charge in [0.25, 0.3) is 0 Å². The highest BCUT2D eigenvalue weighted by molar-refractivity contribution is 7.89. The summed E-state index contributed by atoms with van der Waals surface area (Å²) >= 11 is 0. The first kappa shape index (κ1) is 17.8. The van der Waals surface area contributed by atoms with E-state index < -0.39 is 10.0 Å². The number of rotatable bonds is 6. The van der Waals surface area contributed by atoms with E-state index in [4.69, 9.17) is 9.47 Å². The number of ether oxygens (including phenoxy) is 2. The van der Waals surface area contributed by atoms with E-state index >= 15 is 0 Å². The van der Waals surface area contributed by atoms with Gasteiger partial charge in [-0.2, -0.15) is 4.31 Å². The third-order valence-corrected chi connectivity index (χ3v) is 6.63. The standard InChI is InChI=1S/C19H23NO4S/c1-4-20(14(2)15-6-5-7-17(12-15)23-3)25(21,22)18-8-9-19-16(13-18)10-11-24-19/h5-9,12-14H,4,10-11H2,1-3H3. The maximum Gasteiger partial charge on any atom is 0.243 e. The van der Waals surface area contributed by atoms with Crippen LogP contribution in [-0.2, 0) is 16.4 Å². The van der Waals surface area contributed by atoms with Gasteiger partial charge in [-0.15, -0.1) is 0 Å². The molecule has 0 bridgehead atoms. The van der Waals surface area contributed by atoms with Gasteiger partial charge in [0.15, 0.2) is 0 Å². The van der Waals surface area contributed by atoms with Crippen LogP contribution in [0, 0.1) is 0 Å². The summed E-state index contributed by atoms with van der Waals surface area (Å²) in [6.45, 7) is 4.74. The van der Waals surface area contributed by atoms with Crippen molar-refractivity contribution in [1.29, 1.82) is 0 Å². The summed E-state index contributed by atoms with van der Waals surface area (Å²) in [6, 6.07) is 12.3. The van der Waals surface area contributed by atoms with Crippen molar-refractivity contribution in [1.82, 2.24) is 4.31 Å². The number of nitrogens with zero attached hydrogens (tertiary/aromatic N) is 1. The minimum absolute atomic E-state index is 0.297. The van der Waals surface area contributed by atoms with Gasteiger partial charge in [0.1, 0.15) is 11.5 Å². The van der Waals surface area contributed by atoms with Gasteiger partial charge < -0.3 is 9.47 Å². The molecule has 0 saturated carbocycles. The molecule has 5 nitrogen and oxygen atoms in total. The lowest BCUT2D eigenvalue weighted by Crippen LogP contribution is -2.33. The molecule has 134 valence electrons. The van der Waals surface area contributed by atoms with E-state index in [2.05, 4.69) is 0 Å². The van der Waals surface area contributed by atoms with Crippen LogP contribution in [0.1, 0.15) is 31.0 Å². The minimum Gasteiger partial charge on any atom is -0.497 e. The second-order valence-corrected chi connectivity index (χ2v) is 7.92. The Morgan fingerprint density at radius 2 is 2.04 bits per heavy atom. The fraction of sp³-hybridized carbons (Fsp3) is 0.368. The molecule has 1 atom stereocenters. The number of sulfonamides is 1. The molecule has 1 unspecified atom stereocenters. The molecule has 2 aromatic carbocycles. The average Bonchev–Trinajstić information content (AvgIpc) is 3.09. The Labute approximate surface area is 149 Å². The normalized spacial score (nSPS) is 14.9. The van der Waals surface area contributed by atoms with Crippen molar-refractivity contribution >= 4 is 10.0 Å². The first-order valence-electron chi connectivity index (χ1n) is 8.39. The Morgan fingerprint density at radius 3 is 2.76 bits per heavy atom. The second kappa shape index (κ2) is 7.06. The summed E-state index contributed by atoms with van der Waals surface area (Å²) < 4.78 is 38.6. The van der Waals surface area contributed by atoms with Crippen LogP contribution >= 0.6 is 0 Å². The molecule has 6 heteroatoms. The quantitative estimate of drug-likeness (QED) is 0.791. The fourth-order valence-corrected chi connectivity index (χ4v) is 4.86. The zero-order chi connectivity index (χ0) is 18.0. The molecule has 2 aromatic rings. The third kappa shape index (κ3) is 3.37. The van der Waals surface area contributed by atoms with E-state index in [9.17, 15) is 8.42 Å². The van der Waals surface area contributed by atoms with E-state index in [1.807, 2.05) is 38.1 Å². The highest BCUT2D eigenvalue weighted by atomic mass is 32.2. The van der Waals surface area contributed by atoms with E-state index in [0.29, 0.717) is 23.8 Å². The predicted molar refractivity (Wildman–Crippen MR) is 96.6 cm³/mol. The van der Waals surface area contributed by atoms with E-state index in [-0.39, 0.29) is 6.04 Å². The number of fused-ring (bicyclic) bond motifs is 1. The Hall–Kier alpha value is -2.05. The van der Waals surface area contributed by atoms with Crippen molar-refractivity contribution in [2.24, 2.45) is 0 Å². The highest BCUT2D eigenvalue weighted by Gasteiger charge is 2.30. The molecule has 0 N–H and O–H groups in total. The smallest absolute Gasteiger partial charge is 0.243 e. The fourth-order valence-electron chi connectivity index (χ4n) is 3.18. The molecule has 3 rings (SSSR count). The molecule has 0 aromatic heterocycles. The Balaban J connectivity index is 1.95. The van der Waals surface area contributed by atoms with Gasteiger partial charge >= 0.3 is 0 Å². The lowest BCUT2D eigenvalue weighted by atomic mass is 10.1. The number of hydrogen-bond donors (Lipinski definition) is 0. The van der Waals surface area contributed by atoms with Crippen LogP contribution in [0.3, 0.4) is 0 Å². The summed E-state index contributed by atoms with van der Waals surface area (Å²) in [5.74, 6) is 1.50. The molecule has 0 fully saturated rings. The largest absolute Gasteiger partial charge is 0.497 e. The van der Waals surface area contributed by atoms with Gasteiger partial charge in [0.05, 0.1) is 18.6 Å². The molecule has 1 aliphatic rings. The number of hydrogen-bond acceptors (Lipinski definition) is 4. The van der Waals surface area contributed by atoms with Crippen LogP contribution in [0.4, 0.5) is 0 Å². The second-order valence-electron chi connectivity index (χ2n) is 6.03. The number of methoxy groups -OCH3 is 1. The lowest BCUT2D eigenvalue weighted by molar-refractivity contribution is 0.354. The van der Waals surface area contributed by atoms with E-state index in [0.717, 1.165) is 23.3 Å². The predicted octanol–water partition coefficient (Wildman–Crippen LogP) is 3.40. The maximum atomic E-state index is 13.2. The summed E-state index contributed by atoms with van der Waals surface area (Å²) in [7, 11) is -2.00. The monoisotopic (exact) mass is 361 g/mol. The zero-order valence-corrected chi connectivity index (χ0v) is 15.5. The van der Waals surface area contributed by atoms with Crippen LogP contribution in [0.15, 0.2) is 47.4 Å². The van der Waals surface area contributed by atoms with Crippen LogP contribution in [0.2, 0.25) is 0 Å². The topological polar surface area (TPSA) is 55.8 Å². The first-order chi connectivity index (χ1) is 12.0. The van der Waals surface area contributed by atoms with Crippen LogP contribution in [0.5, 0.6) is 11.5 Å². The van der Waals surface area contributed by atoms with Gasteiger partial charge in [0, 0.05) is 19.0 Å². The molecule has 1 heterocycles. The molecule has 0 amide bonds. The summed E-state index contributed by atoms with van der Waals surface area (Å²) in [4.78, 5) is 0.313. The van der Waals surface area contributed by atoms with Gasteiger partial charge in [-0.05, 0) is 48.4 Å². The van der Waals surface area contributed by atoms with Crippen molar-refractivity contribution in [2.75, 3.05) is 20.3 Å². The SMILES string of the molecule is CCN(C(C)c1cccc(OC)c1)S(=O)(=O)c1ccc2c(c1)CCO2. The number of benzene rings is 2. The first-order valence-corrected chi connectivity index (χ1v) is 9.83. The molecule has 0 radical (unpaired) electrons. The third-order valence-electron chi connectivity index (χ3n) is 4.59. The Bertz CT molecular complexity index is 863. The van der Waals surface area contributed by atoms with Crippen LogP contribution in [0.25, 0.3) is 0 Å². The molecular weight excluding hydrogens is 338 g/mol. The van der Waals surface area contributed by atoms with Gasteiger partial charge in [-0.3, -0.25) is 0 Å². The molecular formula is C19H23NO4S. The maximum absolute atomic E-state index is 13.2. The van der Waals surface area contributed by atoms with Crippen LogP contribution in [-0.4, -0.2) is 33.0 Å². The zero-order valence-electron chi connectivity index (χ0n) is 14.7. The van der Waals surface area contributed by atoms with E-state index in [1.54, 1.807) is 25.3 Å². The molecule has 1 aliphatic heterocycles.